The highest BCUT2D eigenvalue weighted by molar-refractivity contribution is 9.11. The average molecular weight is 210 g/mol. The molecular formula is C4H4BrNS2. The molecule has 4 heteroatoms. The zero-order valence-electron chi connectivity index (χ0n) is 4.22. The fraction of sp³-hybridized carbons (Fsp3) is 0.250. The van der Waals surface area contributed by atoms with Crippen molar-refractivity contribution in [3.05, 3.63) is 9.98 Å². The molecule has 1 nitrogen and oxygen atoms in total. The fourth-order valence-electron chi connectivity index (χ4n) is 0.334. The van der Waals surface area contributed by atoms with Crippen LogP contribution in [0.3, 0.4) is 0 Å². The van der Waals surface area contributed by atoms with Gasteiger partial charge in [-0.15, -0.1) is 11.3 Å². The maximum Gasteiger partial charge on any atom is 0.150 e. The van der Waals surface area contributed by atoms with E-state index < -0.39 is 0 Å². The molecule has 0 aliphatic rings. The largest absolute Gasteiger partial charge is 0.237 e. The van der Waals surface area contributed by atoms with E-state index >= 15 is 0 Å². The van der Waals surface area contributed by atoms with Crippen molar-refractivity contribution in [1.82, 2.24) is 4.98 Å². The third kappa shape index (κ3) is 1.47. The SMILES string of the molecule is CSc1ncc(Br)s1. The Morgan fingerprint density at radius 1 is 1.88 bits per heavy atom. The smallest absolute Gasteiger partial charge is 0.150 e. The summed E-state index contributed by atoms with van der Waals surface area (Å²) in [4.78, 5) is 4.07. The Balaban J connectivity index is 2.84. The van der Waals surface area contributed by atoms with Gasteiger partial charge in [0, 0.05) is 0 Å². The molecule has 0 spiro atoms. The van der Waals surface area contributed by atoms with E-state index in [9.17, 15) is 0 Å². The van der Waals surface area contributed by atoms with Crippen LogP contribution in [-0.4, -0.2) is 11.2 Å². The molecule has 0 saturated carbocycles. The summed E-state index contributed by atoms with van der Waals surface area (Å²) in [7, 11) is 0. The molecule has 44 valence electrons. The van der Waals surface area contributed by atoms with Crippen molar-refractivity contribution < 1.29 is 0 Å². The van der Waals surface area contributed by atoms with Gasteiger partial charge in [0.05, 0.1) is 9.98 Å². The Morgan fingerprint density at radius 2 is 2.62 bits per heavy atom. The van der Waals surface area contributed by atoms with Crippen LogP contribution in [0.2, 0.25) is 0 Å². The van der Waals surface area contributed by atoms with Crippen molar-refractivity contribution in [2.75, 3.05) is 6.26 Å². The summed E-state index contributed by atoms with van der Waals surface area (Å²) < 4.78 is 2.21. The van der Waals surface area contributed by atoms with Gasteiger partial charge < -0.3 is 0 Å². The van der Waals surface area contributed by atoms with E-state index in [1.807, 2.05) is 12.5 Å². The van der Waals surface area contributed by atoms with E-state index in [2.05, 4.69) is 20.9 Å². The Labute approximate surface area is 64.6 Å². The molecule has 1 aromatic rings. The monoisotopic (exact) mass is 209 g/mol. The van der Waals surface area contributed by atoms with Crippen LogP contribution in [0.25, 0.3) is 0 Å². The van der Waals surface area contributed by atoms with Crippen LogP contribution in [-0.2, 0) is 0 Å². The average Bonchev–Trinajstić information content (AvgIpc) is 2.14. The van der Waals surface area contributed by atoms with Gasteiger partial charge in [0.15, 0.2) is 4.34 Å². The van der Waals surface area contributed by atoms with E-state index in [4.69, 9.17) is 0 Å². The van der Waals surface area contributed by atoms with E-state index in [1.165, 1.54) is 0 Å². The van der Waals surface area contributed by atoms with Gasteiger partial charge in [-0.1, -0.05) is 11.8 Å². The van der Waals surface area contributed by atoms with E-state index in [0.717, 1.165) is 8.13 Å². The molecule has 0 aliphatic carbocycles. The van der Waals surface area contributed by atoms with Crippen LogP contribution >= 0.6 is 39.0 Å². The third-order valence-electron chi connectivity index (χ3n) is 0.631. The molecule has 8 heavy (non-hydrogen) atoms. The number of hydrogen-bond acceptors (Lipinski definition) is 3. The molecular weight excluding hydrogens is 206 g/mol. The van der Waals surface area contributed by atoms with Crippen molar-refractivity contribution in [2.45, 2.75) is 4.34 Å². The van der Waals surface area contributed by atoms with Crippen molar-refractivity contribution in [1.29, 1.82) is 0 Å². The summed E-state index contributed by atoms with van der Waals surface area (Å²) in [5, 5.41) is 0. The summed E-state index contributed by atoms with van der Waals surface area (Å²) in [6.45, 7) is 0. The first kappa shape index (κ1) is 6.58. The summed E-state index contributed by atoms with van der Waals surface area (Å²) in [6, 6.07) is 0. The first-order valence-corrected chi connectivity index (χ1v) is 4.81. The minimum absolute atomic E-state index is 1.10. The Kier molecular flexibility index (Phi) is 2.34. The van der Waals surface area contributed by atoms with Crippen LogP contribution in [0, 0.1) is 0 Å². The highest BCUT2D eigenvalue weighted by atomic mass is 79.9. The van der Waals surface area contributed by atoms with Gasteiger partial charge in [-0.3, -0.25) is 0 Å². The predicted octanol–water partition coefficient (Wildman–Crippen LogP) is 2.63. The maximum absolute atomic E-state index is 4.07. The number of halogens is 1. The van der Waals surface area contributed by atoms with Gasteiger partial charge >= 0.3 is 0 Å². The van der Waals surface area contributed by atoms with Gasteiger partial charge in [0.25, 0.3) is 0 Å². The highest BCUT2D eigenvalue weighted by Crippen LogP contribution is 2.25. The standard InChI is InChI=1S/C4H4BrNS2/c1-7-4-6-2-3(5)8-4/h2H,1H3. The van der Waals surface area contributed by atoms with Crippen molar-refractivity contribution in [3.63, 3.8) is 0 Å². The maximum atomic E-state index is 4.07. The number of aromatic nitrogens is 1. The van der Waals surface area contributed by atoms with Gasteiger partial charge in [0.1, 0.15) is 0 Å². The van der Waals surface area contributed by atoms with Crippen LogP contribution in [0.1, 0.15) is 0 Å². The summed E-state index contributed by atoms with van der Waals surface area (Å²) in [5.41, 5.74) is 0. The van der Waals surface area contributed by atoms with Crippen LogP contribution in [0.5, 0.6) is 0 Å². The first-order valence-electron chi connectivity index (χ1n) is 1.98. The molecule has 0 unspecified atom stereocenters. The minimum atomic E-state index is 1.10. The lowest BCUT2D eigenvalue weighted by Crippen LogP contribution is -1.57. The van der Waals surface area contributed by atoms with Gasteiger partial charge in [-0.05, 0) is 22.2 Å². The highest BCUT2D eigenvalue weighted by Gasteiger charge is 1.93. The quantitative estimate of drug-likeness (QED) is 0.661. The van der Waals surface area contributed by atoms with Crippen LogP contribution in [0.15, 0.2) is 14.3 Å². The van der Waals surface area contributed by atoms with E-state index in [0.29, 0.717) is 0 Å². The molecule has 0 saturated heterocycles. The molecule has 0 atom stereocenters. The predicted molar refractivity (Wildman–Crippen MR) is 41.6 cm³/mol. The lowest BCUT2D eigenvalue weighted by molar-refractivity contribution is 1.25. The zero-order chi connectivity index (χ0) is 5.98. The Morgan fingerprint density at radius 3 is 2.88 bits per heavy atom. The molecule has 1 heterocycles. The summed E-state index contributed by atoms with van der Waals surface area (Å²) >= 11 is 6.64. The minimum Gasteiger partial charge on any atom is -0.237 e. The lowest BCUT2D eigenvalue weighted by atomic mass is 11.0. The Hall–Kier alpha value is 0.460. The molecule has 0 aliphatic heterocycles. The summed E-state index contributed by atoms with van der Waals surface area (Å²) in [5.74, 6) is 0. The van der Waals surface area contributed by atoms with E-state index in [-0.39, 0.29) is 0 Å². The third-order valence-corrected chi connectivity index (χ3v) is 3.11. The number of rotatable bonds is 1. The number of hydrogen-bond donors (Lipinski definition) is 0. The van der Waals surface area contributed by atoms with Crippen LogP contribution < -0.4 is 0 Å². The second kappa shape index (κ2) is 2.85. The molecule has 1 aromatic heterocycles. The van der Waals surface area contributed by atoms with Crippen molar-refractivity contribution in [3.8, 4) is 0 Å². The zero-order valence-corrected chi connectivity index (χ0v) is 7.44. The molecule has 1 rings (SSSR count). The van der Waals surface area contributed by atoms with Gasteiger partial charge in [0.2, 0.25) is 0 Å². The molecule has 0 amide bonds. The van der Waals surface area contributed by atoms with Crippen molar-refractivity contribution >= 4 is 39.0 Å². The van der Waals surface area contributed by atoms with Gasteiger partial charge in [-0.2, -0.15) is 0 Å². The summed E-state index contributed by atoms with van der Waals surface area (Å²) in [6.07, 6.45) is 3.84. The number of nitrogens with zero attached hydrogens (tertiary/aromatic N) is 1. The Bertz CT molecular complexity index is 174. The first-order chi connectivity index (χ1) is 3.83. The molecule has 0 N–H and O–H groups in total. The lowest BCUT2D eigenvalue weighted by Gasteiger charge is -1.77. The van der Waals surface area contributed by atoms with Gasteiger partial charge in [-0.25, -0.2) is 4.98 Å². The molecule has 0 bridgehead atoms. The molecule has 0 radical (unpaired) electrons. The normalized spacial score (nSPS) is 9.75. The van der Waals surface area contributed by atoms with E-state index in [1.54, 1.807) is 23.1 Å². The van der Waals surface area contributed by atoms with Crippen molar-refractivity contribution in [2.24, 2.45) is 0 Å². The van der Waals surface area contributed by atoms with Crippen LogP contribution in [0.4, 0.5) is 0 Å². The molecule has 0 fully saturated rings. The topological polar surface area (TPSA) is 12.9 Å². The fourth-order valence-corrected chi connectivity index (χ4v) is 2.36. The molecule has 0 aromatic carbocycles. The number of thioether (sulfide) groups is 1. The number of thiazole rings is 1. The second-order valence-corrected chi connectivity index (χ2v) is 4.60. The second-order valence-electron chi connectivity index (χ2n) is 1.13.